The second-order valence-corrected chi connectivity index (χ2v) is 5.20. The molecule has 0 bridgehead atoms. The van der Waals surface area contributed by atoms with Crippen LogP contribution < -0.4 is 4.90 Å². The minimum Gasteiger partial charge on any atom is -0.375 e. The minimum atomic E-state index is 0.288. The normalized spacial score (nSPS) is 23.5. The van der Waals surface area contributed by atoms with Crippen molar-refractivity contribution in [3.8, 4) is 0 Å². The molecule has 2 rings (SSSR count). The van der Waals surface area contributed by atoms with E-state index in [1.54, 1.807) is 11.3 Å². The molecule has 13 heavy (non-hydrogen) atoms. The Bertz CT molecular complexity index is 293. The molecule has 6 heteroatoms. The highest BCUT2D eigenvalue weighted by molar-refractivity contribution is 9.11. The van der Waals surface area contributed by atoms with Crippen LogP contribution in [0.4, 0.5) is 5.13 Å². The van der Waals surface area contributed by atoms with Gasteiger partial charge in [-0.15, -0.1) is 10.2 Å². The number of hydrogen-bond donors (Lipinski definition) is 0. The Morgan fingerprint density at radius 1 is 1.62 bits per heavy atom. The van der Waals surface area contributed by atoms with Gasteiger partial charge in [-0.3, -0.25) is 0 Å². The molecule has 0 amide bonds. The van der Waals surface area contributed by atoms with E-state index in [1.807, 2.05) is 0 Å². The lowest BCUT2D eigenvalue weighted by Crippen LogP contribution is -2.41. The monoisotopic (exact) mass is 263 g/mol. The predicted octanol–water partition coefficient (Wildman–Crippen LogP) is 1.53. The maximum Gasteiger partial charge on any atom is 0.209 e. The molecule has 0 saturated carbocycles. The van der Waals surface area contributed by atoms with Crippen LogP contribution in [0, 0.1) is 0 Å². The van der Waals surface area contributed by atoms with Gasteiger partial charge in [0, 0.05) is 13.1 Å². The summed E-state index contributed by atoms with van der Waals surface area (Å²) in [7, 11) is 0. The number of rotatable bonds is 1. The Balaban J connectivity index is 2.08. The number of halogens is 1. The molecule has 1 aromatic heterocycles. The fourth-order valence-electron chi connectivity index (χ4n) is 1.32. The van der Waals surface area contributed by atoms with Crippen molar-refractivity contribution in [1.82, 2.24) is 10.2 Å². The van der Waals surface area contributed by atoms with Crippen molar-refractivity contribution in [1.29, 1.82) is 0 Å². The second kappa shape index (κ2) is 3.89. The molecule has 1 aliphatic rings. The molecule has 72 valence electrons. The Morgan fingerprint density at radius 3 is 3.08 bits per heavy atom. The van der Waals surface area contributed by atoms with Crippen LogP contribution in [0.2, 0.25) is 0 Å². The standard InChI is InChI=1S/C7H10BrN3OS/c1-5-4-11(2-3-12-5)7-10-9-6(8)13-7/h5H,2-4H2,1H3. The molecular formula is C7H10BrN3OS. The van der Waals surface area contributed by atoms with Crippen molar-refractivity contribution in [3.63, 3.8) is 0 Å². The van der Waals surface area contributed by atoms with E-state index in [9.17, 15) is 0 Å². The molecule has 4 nitrogen and oxygen atoms in total. The van der Waals surface area contributed by atoms with Gasteiger partial charge < -0.3 is 9.64 Å². The average molecular weight is 264 g/mol. The molecule has 2 heterocycles. The van der Waals surface area contributed by atoms with Crippen LogP contribution in [0.5, 0.6) is 0 Å². The first kappa shape index (κ1) is 9.36. The van der Waals surface area contributed by atoms with E-state index in [1.165, 1.54) is 0 Å². The lowest BCUT2D eigenvalue weighted by atomic mass is 10.3. The molecule has 0 aromatic carbocycles. The van der Waals surface area contributed by atoms with E-state index in [-0.39, 0.29) is 6.10 Å². The Morgan fingerprint density at radius 2 is 2.46 bits per heavy atom. The van der Waals surface area contributed by atoms with Crippen LogP contribution >= 0.6 is 27.3 Å². The first-order valence-corrected chi connectivity index (χ1v) is 5.72. The first-order chi connectivity index (χ1) is 6.25. The quantitative estimate of drug-likeness (QED) is 0.771. The molecule has 1 atom stereocenters. The van der Waals surface area contributed by atoms with E-state index in [0.717, 1.165) is 28.7 Å². The van der Waals surface area contributed by atoms with Crippen molar-refractivity contribution in [2.75, 3.05) is 24.6 Å². The molecule has 1 fully saturated rings. The highest BCUT2D eigenvalue weighted by atomic mass is 79.9. The SMILES string of the molecule is CC1CN(c2nnc(Br)s2)CCO1. The van der Waals surface area contributed by atoms with Gasteiger partial charge in [-0.05, 0) is 22.9 Å². The molecule has 1 unspecified atom stereocenters. The van der Waals surface area contributed by atoms with Gasteiger partial charge in [0.25, 0.3) is 0 Å². The number of aromatic nitrogens is 2. The van der Waals surface area contributed by atoms with Gasteiger partial charge in [-0.1, -0.05) is 11.3 Å². The third kappa shape index (κ3) is 2.18. The second-order valence-electron chi connectivity index (χ2n) is 2.97. The molecular weight excluding hydrogens is 254 g/mol. The summed E-state index contributed by atoms with van der Waals surface area (Å²) in [5.41, 5.74) is 0. The van der Waals surface area contributed by atoms with Crippen molar-refractivity contribution < 1.29 is 4.74 Å². The van der Waals surface area contributed by atoms with Crippen molar-refractivity contribution in [2.45, 2.75) is 13.0 Å². The number of ether oxygens (including phenoxy) is 1. The number of anilines is 1. The zero-order valence-electron chi connectivity index (χ0n) is 7.23. The van der Waals surface area contributed by atoms with Crippen LogP contribution in [0.15, 0.2) is 3.92 Å². The molecule has 1 saturated heterocycles. The highest BCUT2D eigenvalue weighted by Gasteiger charge is 2.19. The van der Waals surface area contributed by atoms with Crippen LogP contribution in [0.25, 0.3) is 0 Å². The van der Waals surface area contributed by atoms with Crippen LogP contribution in [0.1, 0.15) is 6.92 Å². The van der Waals surface area contributed by atoms with Gasteiger partial charge in [0.15, 0.2) is 3.92 Å². The zero-order chi connectivity index (χ0) is 9.26. The maximum absolute atomic E-state index is 5.44. The molecule has 0 radical (unpaired) electrons. The molecule has 0 spiro atoms. The fraction of sp³-hybridized carbons (Fsp3) is 0.714. The van der Waals surface area contributed by atoms with Gasteiger partial charge in [-0.2, -0.15) is 0 Å². The summed E-state index contributed by atoms with van der Waals surface area (Å²) in [6.45, 7) is 4.66. The molecule has 1 aliphatic heterocycles. The summed E-state index contributed by atoms with van der Waals surface area (Å²) in [6, 6.07) is 0. The number of morpholine rings is 1. The summed E-state index contributed by atoms with van der Waals surface area (Å²) < 4.78 is 6.27. The smallest absolute Gasteiger partial charge is 0.209 e. The van der Waals surface area contributed by atoms with Gasteiger partial charge in [0.1, 0.15) is 0 Å². The number of nitrogens with zero attached hydrogens (tertiary/aromatic N) is 3. The Labute approximate surface area is 89.0 Å². The lowest BCUT2D eigenvalue weighted by Gasteiger charge is -2.30. The van der Waals surface area contributed by atoms with E-state index in [2.05, 4.69) is 38.0 Å². The predicted molar refractivity (Wildman–Crippen MR) is 55.2 cm³/mol. The van der Waals surface area contributed by atoms with Crippen molar-refractivity contribution in [2.24, 2.45) is 0 Å². The average Bonchev–Trinajstić information content (AvgIpc) is 2.52. The zero-order valence-corrected chi connectivity index (χ0v) is 9.64. The summed E-state index contributed by atoms with van der Waals surface area (Å²) in [4.78, 5) is 2.20. The summed E-state index contributed by atoms with van der Waals surface area (Å²) in [5.74, 6) is 0. The third-order valence-corrected chi connectivity index (χ3v) is 3.32. The maximum atomic E-state index is 5.44. The summed E-state index contributed by atoms with van der Waals surface area (Å²) in [6.07, 6.45) is 0.288. The van der Waals surface area contributed by atoms with Gasteiger partial charge in [-0.25, -0.2) is 0 Å². The Hall–Kier alpha value is -0.200. The highest BCUT2D eigenvalue weighted by Crippen LogP contribution is 2.25. The third-order valence-electron chi connectivity index (χ3n) is 1.90. The van der Waals surface area contributed by atoms with E-state index in [4.69, 9.17) is 4.74 Å². The van der Waals surface area contributed by atoms with E-state index >= 15 is 0 Å². The van der Waals surface area contributed by atoms with E-state index < -0.39 is 0 Å². The molecule has 0 N–H and O–H groups in total. The van der Waals surface area contributed by atoms with Crippen molar-refractivity contribution in [3.05, 3.63) is 3.92 Å². The topological polar surface area (TPSA) is 38.2 Å². The summed E-state index contributed by atoms with van der Waals surface area (Å²) >= 11 is 4.86. The van der Waals surface area contributed by atoms with Crippen LogP contribution in [0.3, 0.4) is 0 Å². The fourth-order valence-corrected chi connectivity index (χ4v) is 2.44. The van der Waals surface area contributed by atoms with Gasteiger partial charge in [0.2, 0.25) is 5.13 Å². The van der Waals surface area contributed by atoms with Crippen molar-refractivity contribution >= 4 is 32.4 Å². The first-order valence-electron chi connectivity index (χ1n) is 4.11. The van der Waals surface area contributed by atoms with E-state index in [0.29, 0.717) is 0 Å². The van der Waals surface area contributed by atoms with Gasteiger partial charge >= 0.3 is 0 Å². The molecule has 0 aliphatic carbocycles. The minimum absolute atomic E-state index is 0.288. The lowest BCUT2D eigenvalue weighted by molar-refractivity contribution is 0.0532. The number of hydrogen-bond acceptors (Lipinski definition) is 5. The van der Waals surface area contributed by atoms with Gasteiger partial charge in [0.05, 0.1) is 12.7 Å². The Kier molecular flexibility index (Phi) is 2.80. The molecule has 1 aromatic rings. The van der Waals surface area contributed by atoms with Crippen LogP contribution in [-0.4, -0.2) is 36.0 Å². The largest absolute Gasteiger partial charge is 0.375 e. The van der Waals surface area contributed by atoms with Crippen LogP contribution in [-0.2, 0) is 4.74 Å². The summed E-state index contributed by atoms with van der Waals surface area (Å²) in [5, 5.41) is 8.96.